The fourth-order valence-corrected chi connectivity index (χ4v) is 1.73. The van der Waals surface area contributed by atoms with Crippen LogP contribution in [0.3, 0.4) is 0 Å². The van der Waals surface area contributed by atoms with Gasteiger partial charge in [-0.2, -0.15) is 0 Å². The molecule has 0 aliphatic heterocycles. The van der Waals surface area contributed by atoms with E-state index in [-0.39, 0.29) is 6.54 Å². The predicted molar refractivity (Wildman–Crippen MR) is 59.8 cm³/mol. The molecule has 0 bridgehead atoms. The number of hydrogen-bond acceptors (Lipinski definition) is 4. The highest BCUT2D eigenvalue weighted by molar-refractivity contribution is 6.31. The van der Waals surface area contributed by atoms with Crippen LogP contribution in [0.25, 0.3) is 0 Å². The maximum absolute atomic E-state index is 10.1. The molecule has 0 aliphatic rings. The molecule has 1 atom stereocenters. The lowest BCUT2D eigenvalue weighted by Gasteiger charge is -2.24. The summed E-state index contributed by atoms with van der Waals surface area (Å²) in [5.41, 5.74) is 1.94. The van der Waals surface area contributed by atoms with Gasteiger partial charge in [-0.05, 0) is 19.1 Å². The molecule has 1 rings (SSSR count). The largest absolute Gasteiger partial charge is 0.497 e. The summed E-state index contributed by atoms with van der Waals surface area (Å²) in [6.45, 7) is 1.86. The van der Waals surface area contributed by atoms with Crippen LogP contribution in [-0.4, -0.2) is 18.8 Å². The Kier molecular flexibility index (Phi) is 3.93. The van der Waals surface area contributed by atoms with Crippen LogP contribution in [0, 0.1) is 0 Å². The van der Waals surface area contributed by atoms with Gasteiger partial charge < -0.3 is 9.84 Å². The quantitative estimate of drug-likeness (QED) is 0.534. The Labute approximate surface area is 94.0 Å². The number of methoxy groups -OCH3 is 1. The number of rotatable bonds is 4. The van der Waals surface area contributed by atoms with Crippen molar-refractivity contribution in [3.63, 3.8) is 0 Å². The molecule has 5 heteroatoms. The van der Waals surface area contributed by atoms with Gasteiger partial charge in [0.2, 0.25) is 0 Å². The molecule has 0 amide bonds. The summed E-state index contributed by atoms with van der Waals surface area (Å²) in [4.78, 5) is 0. The molecule has 4 N–H and O–H groups in total. The van der Waals surface area contributed by atoms with Crippen LogP contribution < -0.4 is 16.0 Å². The molecule has 1 aromatic rings. The average Bonchev–Trinajstić information content (AvgIpc) is 2.17. The second-order valence-electron chi connectivity index (χ2n) is 3.50. The van der Waals surface area contributed by atoms with Crippen molar-refractivity contribution in [2.45, 2.75) is 12.5 Å². The molecule has 1 aromatic carbocycles. The molecule has 1 unspecified atom stereocenters. The first kappa shape index (κ1) is 12.3. The molecule has 0 saturated heterocycles. The Morgan fingerprint density at radius 2 is 2.27 bits per heavy atom. The van der Waals surface area contributed by atoms with Crippen LogP contribution in [0.2, 0.25) is 5.02 Å². The van der Waals surface area contributed by atoms with E-state index in [0.29, 0.717) is 16.3 Å². The zero-order valence-corrected chi connectivity index (χ0v) is 9.51. The maximum atomic E-state index is 10.1. The summed E-state index contributed by atoms with van der Waals surface area (Å²) in [5, 5.41) is 10.5. The summed E-state index contributed by atoms with van der Waals surface area (Å²) in [7, 11) is 1.56. The number of hydrogen-bond donors (Lipinski definition) is 3. The van der Waals surface area contributed by atoms with Crippen LogP contribution in [0.15, 0.2) is 18.2 Å². The van der Waals surface area contributed by atoms with Gasteiger partial charge in [0.1, 0.15) is 11.4 Å². The molecule has 0 heterocycles. The van der Waals surface area contributed by atoms with Crippen molar-refractivity contribution in [1.29, 1.82) is 0 Å². The van der Waals surface area contributed by atoms with Crippen LogP contribution in [-0.2, 0) is 5.60 Å². The van der Waals surface area contributed by atoms with Crippen molar-refractivity contribution >= 4 is 11.6 Å². The van der Waals surface area contributed by atoms with Crippen molar-refractivity contribution in [2.24, 2.45) is 5.84 Å². The van der Waals surface area contributed by atoms with Gasteiger partial charge in [-0.1, -0.05) is 17.7 Å². The van der Waals surface area contributed by atoms with E-state index in [4.69, 9.17) is 22.2 Å². The van der Waals surface area contributed by atoms with Gasteiger partial charge in [0.15, 0.2) is 0 Å². The third kappa shape index (κ3) is 2.82. The zero-order chi connectivity index (χ0) is 11.5. The third-order valence-electron chi connectivity index (χ3n) is 2.20. The Balaban J connectivity index is 3.04. The highest BCUT2D eigenvalue weighted by Gasteiger charge is 2.25. The number of halogens is 1. The Morgan fingerprint density at radius 1 is 1.60 bits per heavy atom. The molecule has 4 nitrogen and oxygen atoms in total. The Morgan fingerprint density at radius 3 is 2.73 bits per heavy atom. The van der Waals surface area contributed by atoms with E-state index in [2.05, 4.69) is 5.43 Å². The molecule has 0 spiro atoms. The average molecular weight is 231 g/mol. The second-order valence-corrected chi connectivity index (χ2v) is 3.91. The fourth-order valence-electron chi connectivity index (χ4n) is 1.35. The van der Waals surface area contributed by atoms with Crippen molar-refractivity contribution in [2.75, 3.05) is 13.7 Å². The molecule has 0 saturated carbocycles. The van der Waals surface area contributed by atoms with Crippen LogP contribution in [0.4, 0.5) is 0 Å². The van der Waals surface area contributed by atoms with E-state index in [1.165, 1.54) is 0 Å². The number of benzene rings is 1. The standard InChI is InChI=1S/C10H15ClN2O2/c1-10(14,6-13-12)8-4-3-7(15-2)5-9(8)11/h3-5,13-14H,6,12H2,1-2H3. The number of aliphatic hydroxyl groups is 1. The van der Waals surface area contributed by atoms with Crippen molar-refractivity contribution in [3.05, 3.63) is 28.8 Å². The minimum absolute atomic E-state index is 0.221. The van der Waals surface area contributed by atoms with Crippen LogP contribution >= 0.6 is 11.6 Å². The molecule has 0 radical (unpaired) electrons. The van der Waals surface area contributed by atoms with Gasteiger partial charge in [-0.25, -0.2) is 0 Å². The summed E-state index contributed by atoms with van der Waals surface area (Å²) >= 11 is 6.02. The molecule has 0 aromatic heterocycles. The number of nitrogens with one attached hydrogen (secondary N) is 1. The molecule has 0 aliphatic carbocycles. The first-order valence-electron chi connectivity index (χ1n) is 4.51. The van der Waals surface area contributed by atoms with Crippen molar-refractivity contribution in [1.82, 2.24) is 5.43 Å². The summed E-state index contributed by atoms with van der Waals surface area (Å²) in [6, 6.07) is 5.12. The van der Waals surface area contributed by atoms with E-state index >= 15 is 0 Å². The number of ether oxygens (including phenoxy) is 1. The highest BCUT2D eigenvalue weighted by atomic mass is 35.5. The first-order valence-corrected chi connectivity index (χ1v) is 4.89. The molecular weight excluding hydrogens is 216 g/mol. The normalized spacial score (nSPS) is 14.7. The first-order chi connectivity index (χ1) is 7.01. The zero-order valence-electron chi connectivity index (χ0n) is 8.75. The minimum atomic E-state index is -1.10. The summed E-state index contributed by atoms with van der Waals surface area (Å²) in [6.07, 6.45) is 0. The Hall–Kier alpha value is -0.810. The maximum Gasteiger partial charge on any atom is 0.120 e. The fraction of sp³-hybridized carbons (Fsp3) is 0.400. The van der Waals surface area contributed by atoms with E-state index in [1.807, 2.05) is 0 Å². The molecule has 15 heavy (non-hydrogen) atoms. The van der Waals surface area contributed by atoms with Crippen molar-refractivity contribution in [3.8, 4) is 5.75 Å². The topological polar surface area (TPSA) is 67.5 Å². The molecule has 0 fully saturated rings. The number of nitrogens with two attached hydrogens (primary N) is 1. The summed E-state index contributed by atoms with van der Waals surface area (Å²) < 4.78 is 5.02. The van der Waals surface area contributed by atoms with Crippen LogP contribution in [0.1, 0.15) is 12.5 Å². The van der Waals surface area contributed by atoms with Gasteiger partial charge in [-0.15, -0.1) is 0 Å². The lowest BCUT2D eigenvalue weighted by molar-refractivity contribution is 0.0573. The number of hydrazine groups is 1. The van der Waals surface area contributed by atoms with Gasteiger partial charge in [0.05, 0.1) is 12.1 Å². The third-order valence-corrected chi connectivity index (χ3v) is 2.52. The lowest BCUT2D eigenvalue weighted by Crippen LogP contribution is -2.39. The SMILES string of the molecule is COc1ccc(C(C)(O)CNN)c(Cl)c1. The smallest absolute Gasteiger partial charge is 0.120 e. The monoisotopic (exact) mass is 230 g/mol. The Bertz CT molecular complexity index is 342. The van der Waals surface area contributed by atoms with E-state index < -0.39 is 5.60 Å². The minimum Gasteiger partial charge on any atom is -0.497 e. The molecule has 84 valence electrons. The van der Waals surface area contributed by atoms with Crippen molar-refractivity contribution < 1.29 is 9.84 Å². The lowest BCUT2D eigenvalue weighted by atomic mass is 9.96. The van der Waals surface area contributed by atoms with E-state index in [9.17, 15) is 5.11 Å². The second kappa shape index (κ2) is 4.81. The highest BCUT2D eigenvalue weighted by Crippen LogP contribution is 2.30. The van der Waals surface area contributed by atoms with Gasteiger partial charge >= 0.3 is 0 Å². The van der Waals surface area contributed by atoms with E-state index in [0.717, 1.165) is 0 Å². The van der Waals surface area contributed by atoms with Gasteiger partial charge in [-0.3, -0.25) is 11.3 Å². The van der Waals surface area contributed by atoms with Gasteiger partial charge in [0.25, 0.3) is 0 Å². The van der Waals surface area contributed by atoms with Crippen LogP contribution in [0.5, 0.6) is 5.75 Å². The summed E-state index contributed by atoms with van der Waals surface area (Å²) in [5.74, 6) is 5.83. The van der Waals surface area contributed by atoms with Gasteiger partial charge in [0, 0.05) is 12.1 Å². The molecular formula is C10H15ClN2O2. The predicted octanol–water partition coefficient (Wildman–Crippen LogP) is 1.02. The van der Waals surface area contributed by atoms with E-state index in [1.54, 1.807) is 32.2 Å².